The lowest BCUT2D eigenvalue weighted by Gasteiger charge is -2.11. The molecule has 0 aliphatic heterocycles. The van der Waals surface area contributed by atoms with Gasteiger partial charge < -0.3 is 15.5 Å². The van der Waals surface area contributed by atoms with Gasteiger partial charge in [0.25, 0.3) is 0 Å². The lowest BCUT2D eigenvalue weighted by atomic mass is 10.1. The number of benzene rings is 2. The van der Waals surface area contributed by atoms with Gasteiger partial charge in [0.15, 0.2) is 11.3 Å². The van der Waals surface area contributed by atoms with Crippen molar-refractivity contribution >= 4 is 22.3 Å². The third-order valence-corrected chi connectivity index (χ3v) is 5.50. The number of nitrogens with one attached hydrogen (secondary N) is 1. The summed E-state index contributed by atoms with van der Waals surface area (Å²) in [5.74, 6) is 0.462. The van der Waals surface area contributed by atoms with Crippen LogP contribution >= 0.6 is 0 Å². The van der Waals surface area contributed by atoms with E-state index in [2.05, 4.69) is 16.4 Å². The van der Waals surface area contributed by atoms with E-state index in [1.165, 1.54) is 17.7 Å². The highest BCUT2D eigenvalue weighted by Crippen LogP contribution is 2.41. The van der Waals surface area contributed by atoms with Gasteiger partial charge in [-0.15, -0.1) is 0 Å². The molecule has 1 aliphatic rings. The molecule has 0 radical (unpaired) electrons. The van der Waals surface area contributed by atoms with Gasteiger partial charge in [-0.1, -0.05) is 18.2 Å². The molecule has 5 rings (SSSR count). The predicted octanol–water partition coefficient (Wildman–Crippen LogP) is 6.20. The van der Waals surface area contributed by atoms with Crippen molar-refractivity contribution in [2.75, 3.05) is 5.32 Å². The van der Waals surface area contributed by atoms with Crippen LogP contribution in [0.25, 0.3) is 22.3 Å². The number of hydrogen-bond acceptors (Lipinski definition) is 4. The van der Waals surface area contributed by atoms with Gasteiger partial charge in [0.2, 0.25) is 0 Å². The molecule has 4 nitrogen and oxygen atoms in total. The zero-order valence-corrected chi connectivity index (χ0v) is 15.8. The van der Waals surface area contributed by atoms with Crippen LogP contribution in [-0.4, -0.2) is 4.98 Å². The van der Waals surface area contributed by atoms with Gasteiger partial charge in [0.1, 0.15) is 0 Å². The molecule has 0 saturated heterocycles. The van der Waals surface area contributed by atoms with Crippen molar-refractivity contribution in [3.63, 3.8) is 0 Å². The number of aromatic nitrogens is 1. The molecule has 152 valence electrons. The highest BCUT2D eigenvalue weighted by Gasteiger charge is 2.30. The van der Waals surface area contributed by atoms with Gasteiger partial charge in [0.05, 0.1) is 17.4 Å². The van der Waals surface area contributed by atoms with Gasteiger partial charge in [0, 0.05) is 28.9 Å². The first-order valence-electron chi connectivity index (χ1n) is 9.60. The molecule has 7 heteroatoms. The number of fused-ring (bicyclic) bond motifs is 2. The van der Waals surface area contributed by atoms with Crippen molar-refractivity contribution < 1.29 is 17.6 Å². The SMILES string of the molecule is NC1CCc2cc(Nc3c(-c4ccc(C(F)(F)F)cc4)oc4cnccc34)ccc21. The minimum atomic E-state index is -4.39. The van der Waals surface area contributed by atoms with Gasteiger partial charge in [-0.05, 0) is 54.3 Å². The van der Waals surface area contributed by atoms with Crippen LogP contribution in [0.2, 0.25) is 0 Å². The van der Waals surface area contributed by atoms with E-state index < -0.39 is 11.7 Å². The summed E-state index contributed by atoms with van der Waals surface area (Å²) in [4.78, 5) is 4.09. The first-order valence-corrected chi connectivity index (χ1v) is 9.60. The molecule has 1 atom stereocenters. The van der Waals surface area contributed by atoms with Crippen molar-refractivity contribution in [2.45, 2.75) is 25.1 Å². The number of pyridine rings is 1. The lowest BCUT2D eigenvalue weighted by molar-refractivity contribution is -0.137. The Morgan fingerprint density at radius 2 is 1.87 bits per heavy atom. The fraction of sp³-hybridized carbons (Fsp3) is 0.174. The maximum Gasteiger partial charge on any atom is 0.416 e. The topological polar surface area (TPSA) is 64.1 Å². The highest BCUT2D eigenvalue weighted by atomic mass is 19.4. The van der Waals surface area contributed by atoms with E-state index in [9.17, 15) is 13.2 Å². The Labute approximate surface area is 170 Å². The Balaban J connectivity index is 1.58. The van der Waals surface area contributed by atoms with E-state index in [4.69, 9.17) is 10.2 Å². The molecule has 0 fully saturated rings. The number of furan rings is 1. The largest absolute Gasteiger partial charge is 0.452 e. The summed E-state index contributed by atoms with van der Waals surface area (Å²) < 4.78 is 44.8. The first-order chi connectivity index (χ1) is 14.4. The molecule has 2 aromatic heterocycles. The number of halogens is 3. The van der Waals surface area contributed by atoms with Gasteiger partial charge in [-0.2, -0.15) is 13.2 Å². The summed E-state index contributed by atoms with van der Waals surface area (Å²) in [5, 5.41) is 4.20. The predicted molar refractivity (Wildman–Crippen MR) is 109 cm³/mol. The fourth-order valence-electron chi connectivity index (χ4n) is 3.96. The Hall–Kier alpha value is -3.32. The molecular formula is C23H18F3N3O. The minimum Gasteiger partial charge on any atom is -0.452 e. The molecule has 1 unspecified atom stereocenters. The maximum atomic E-state index is 12.9. The Morgan fingerprint density at radius 1 is 1.07 bits per heavy atom. The number of nitrogens with zero attached hydrogens (tertiary/aromatic N) is 1. The molecule has 2 aromatic carbocycles. The molecular weight excluding hydrogens is 391 g/mol. The summed E-state index contributed by atoms with van der Waals surface area (Å²) in [6.45, 7) is 0. The zero-order chi connectivity index (χ0) is 20.9. The molecule has 2 heterocycles. The molecule has 30 heavy (non-hydrogen) atoms. The summed E-state index contributed by atoms with van der Waals surface area (Å²) in [6.07, 6.45) is 0.712. The van der Waals surface area contributed by atoms with Gasteiger partial charge >= 0.3 is 6.18 Å². The Bertz CT molecular complexity index is 1230. The third-order valence-electron chi connectivity index (χ3n) is 5.50. The number of rotatable bonds is 3. The quantitative estimate of drug-likeness (QED) is 0.423. The Kier molecular flexibility index (Phi) is 4.29. The molecule has 0 bridgehead atoms. The monoisotopic (exact) mass is 409 g/mol. The second kappa shape index (κ2) is 6.88. The van der Waals surface area contributed by atoms with E-state index in [0.717, 1.165) is 41.6 Å². The van der Waals surface area contributed by atoms with Crippen LogP contribution in [-0.2, 0) is 12.6 Å². The van der Waals surface area contributed by atoms with Crippen LogP contribution in [0.1, 0.15) is 29.2 Å². The highest BCUT2D eigenvalue weighted by molar-refractivity contribution is 6.00. The van der Waals surface area contributed by atoms with Crippen LogP contribution < -0.4 is 11.1 Å². The normalized spacial score (nSPS) is 16.1. The maximum absolute atomic E-state index is 12.9. The second-order valence-corrected chi connectivity index (χ2v) is 7.44. The van der Waals surface area contributed by atoms with Crippen molar-refractivity contribution in [3.05, 3.63) is 77.6 Å². The van der Waals surface area contributed by atoms with E-state index in [-0.39, 0.29) is 6.04 Å². The third kappa shape index (κ3) is 3.21. The molecule has 4 aromatic rings. The van der Waals surface area contributed by atoms with Crippen LogP contribution in [0.3, 0.4) is 0 Å². The van der Waals surface area contributed by atoms with E-state index >= 15 is 0 Å². The molecule has 1 aliphatic carbocycles. The van der Waals surface area contributed by atoms with Crippen LogP contribution in [0.4, 0.5) is 24.5 Å². The van der Waals surface area contributed by atoms with Crippen LogP contribution in [0.5, 0.6) is 0 Å². The lowest BCUT2D eigenvalue weighted by Crippen LogP contribution is -2.05. The molecule has 3 N–H and O–H groups in total. The van der Waals surface area contributed by atoms with Crippen LogP contribution in [0, 0.1) is 0 Å². The second-order valence-electron chi connectivity index (χ2n) is 7.44. The minimum absolute atomic E-state index is 0.0672. The van der Waals surface area contributed by atoms with E-state index in [1.54, 1.807) is 12.4 Å². The fourth-order valence-corrected chi connectivity index (χ4v) is 3.96. The zero-order valence-electron chi connectivity index (χ0n) is 15.8. The van der Waals surface area contributed by atoms with Crippen molar-refractivity contribution in [1.82, 2.24) is 4.98 Å². The average molecular weight is 409 g/mol. The Morgan fingerprint density at radius 3 is 2.63 bits per heavy atom. The van der Waals surface area contributed by atoms with E-state index in [0.29, 0.717) is 22.6 Å². The van der Waals surface area contributed by atoms with Crippen molar-refractivity contribution in [1.29, 1.82) is 0 Å². The summed E-state index contributed by atoms with van der Waals surface area (Å²) in [5.41, 5.74) is 10.5. The number of alkyl halides is 3. The summed E-state index contributed by atoms with van der Waals surface area (Å²) in [6, 6.07) is 12.9. The average Bonchev–Trinajstić information content (AvgIpc) is 3.28. The molecule has 0 saturated carbocycles. The van der Waals surface area contributed by atoms with Crippen molar-refractivity contribution in [3.8, 4) is 11.3 Å². The molecule has 0 amide bonds. The number of hydrogen-bond donors (Lipinski definition) is 2. The standard InChI is InChI=1S/C23H18F3N3O/c24-23(25,26)15-4-1-13(2-5-15)22-21(18-9-10-28-12-20(18)30-22)29-16-6-7-17-14(11-16)3-8-19(17)27/h1-2,4-7,9-12,19,29H,3,8,27H2. The van der Waals surface area contributed by atoms with Gasteiger partial charge in [-0.3, -0.25) is 4.98 Å². The number of nitrogens with two attached hydrogens (primary N) is 1. The van der Waals surface area contributed by atoms with E-state index in [1.807, 2.05) is 18.2 Å². The smallest absolute Gasteiger partial charge is 0.416 e. The number of aryl methyl sites for hydroxylation is 1. The van der Waals surface area contributed by atoms with Crippen molar-refractivity contribution in [2.24, 2.45) is 5.73 Å². The number of anilines is 2. The first kappa shape index (κ1) is 18.7. The van der Waals surface area contributed by atoms with Gasteiger partial charge in [-0.25, -0.2) is 0 Å². The van der Waals surface area contributed by atoms with Crippen LogP contribution in [0.15, 0.2) is 65.3 Å². The summed E-state index contributed by atoms with van der Waals surface area (Å²) >= 11 is 0. The summed E-state index contributed by atoms with van der Waals surface area (Å²) in [7, 11) is 0. The molecule has 0 spiro atoms.